The maximum atomic E-state index is 10.9. The molecule has 0 fully saturated rings. The lowest BCUT2D eigenvalue weighted by Crippen LogP contribution is -2.16. The highest BCUT2D eigenvalue weighted by atomic mass is 16.2. The second kappa shape index (κ2) is 2.13. The van der Waals surface area contributed by atoms with E-state index in [2.05, 4.69) is 5.10 Å². The van der Waals surface area contributed by atoms with E-state index in [-0.39, 0.29) is 11.5 Å². The van der Waals surface area contributed by atoms with Crippen LogP contribution in [0.15, 0.2) is 16.9 Å². The van der Waals surface area contributed by atoms with Gasteiger partial charge in [0, 0.05) is 7.05 Å². The number of rotatable bonds is 0. The minimum atomic E-state index is -0.264. The molecule has 1 heterocycles. The summed E-state index contributed by atoms with van der Waals surface area (Å²) in [6, 6.07) is 0. The molecule has 0 spiro atoms. The van der Waals surface area contributed by atoms with Crippen LogP contribution in [-0.4, -0.2) is 28.8 Å². The second-order valence-corrected chi connectivity index (χ2v) is 2.06. The Morgan fingerprint density at radius 1 is 1.70 bits per heavy atom. The quantitative estimate of drug-likeness (QED) is 0.388. The van der Waals surface area contributed by atoms with Crippen LogP contribution in [0.4, 0.5) is 0 Å². The monoisotopic (exact) mass is 140 g/mol. The van der Waals surface area contributed by atoms with Crippen LogP contribution in [0, 0.1) is 0 Å². The lowest BCUT2D eigenvalue weighted by molar-refractivity contribution is -0.124. The molecule has 0 unspecified atom stereocenters. The predicted octanol–water partition coefficient (Wildman–Crippen LogP) is 0.276. The number of aliphatic hydroxyl groups is 1. The molecule has 4 nitrogen and oxygen atoms in total. The summed E-state index contributed by atoms with van der Waals surface area (Å²) in [5.74, 6) is -0.264. The summed E-state index contributed by atoms with van der Waals surface area (Å²) in [7, 11) is 1.54. The van der Waals surface area contributed by atoms with Crippen LogP contribution in [0.2, 0.25) is 0 Å². The molecule has 10 heavy (non-hydrogen) atoms. The van der Waals surface area contributed by atoms with E-state index in [1.54, 1.807) is 14.0 Å². The van der Waals surface area contributed by atoms with Gasteiger partial charge in [-0.2, -0.15) is 5.10 Å². The molecule has 1 amide bonds. The summed E-state index contributed by atoms with van der Waals surface area (Å²) in [5.41, 5.74) is 0.817. The molecule has 0 aromatic heterocycles. The molecule has 1 aliphatic heterocycles. The van der Waals surface area contributed by atoms with Gasteiger partial charge in [0.05, 0.1) is 17.5 Å². The molecule has 0 aromatic rings. The smallest absolute Gasteiger partial charge is 0.278 e. The minimum Gasteiger partial charge on any atom is -0.515 e. The summed E-state index contributed by atoms with van der Waals surface area (Å²) in [6.07, 6.45) is 0.782. The first-order valence-corrected chi connectivity index (χ1v) is 2.85. The Morgan fingerprint density at radius 3 is 2.50 bits per heavy atom. The van der Waals surface area contributed by atoms with Gasteiger partial charge in [0.25, 0.3) is 5.91 Å². The number of aliphatic hydroxyl groups excluding tert-OH is 1. The summed E-state index contributed by atoms with van der Waals surface area (Å²) < 4.78 is 0. The molecule has 4 heteroatoms. The molecule has 1 rings (SSSR count). The van der Waals surface area contributed by atoms with E-state index < -0.39 is 0 Å². The standard InChI is InChI=1S/C6H8N2O2/c1-4-5(3-9)6(10)8(2)7-4/h3,9H,1-2H3/b5-3+. The van der Waals surface area contributed by atoms with Crippen molar-refractivity contribution in [3.8, 4) is 0 Å². The minimum absolute atomic E-state index is 0.264. The van der Waals surface area contributed by atoms with Gasteiger partial charge in [-0.25, -0.2) is 5.01 Å². The Morgan fingerprint density at radius 2 is 2.30 bits per heavy atom. The number of likely N-dealkylation sites (N-methyl/N-ethyl adjacent to an activating group) is 1. The van der Waals surface area contributed by atoms with Gasteiger partial charge in [-0.15, -0.1) is 0 Å². The van der Waals surface area contributed by atoms with Gasteiger partial charge in [-0.1, -0.05) is 0 Å². The first-order valence-electron chi connectivity index (χ1n) is 2.85. The van der Waals surface area contributed by atoms with Crippen molar-refractivity contribution in [2.75, 3.05) is 7.05 Å². The van der Waals surface area contributed by atoms with Gasteiger partial charge < -0.3 is 5.11 Å². The summed E-state index contributed by atoms with van der Waals surface area (Å²) >= 11 is 0. The summed E-state index contributed by atoms with van der Waals surface area (Å²) in [4.78, 5) is 10.9. The molecule has 54 valence electrons. The second-order valence-electron chi connectivity index (χ2n) is 2.06. The third-order valence-electron chi connectivity index (χ3n) is 1.34. The van der Waals surface area contributed by atoms with Crippen molar-refractivity contribution in [1.82, 2.24) is 5.01 Å². The van der Waals surface area contributed by atoms with Crippen LogP contribution in [0.5, 0.6) is 0 Å². The Hall–Kier alpha value is -1.32. The molecule has 0 saturated carbocycles. The van der Waals surface area contributed by atoms with Crippen molar-refractivity contribution in [3.05, 3.63) is 11.8 Å². The average Bonchev–Trinajstić information content (AvgIpc) is 2.09. The maximum Gasteiger partial charge on any atom is 0.278 e. The fourth-order valence-electron chi connectivity index (χ4n) is 0.802. The molecule has 1 aliphatic rings. The van der Waals surface area contributed by atoms with E-state index in [0.717, 1.165) is 6.26 Å². The van der Waals surface area contributed by atoms with Crippen molar-refractivity contribution in [2.45, 2.75) is 6.92 Å². The SMILES string of the molecule is CC1=NN(C)C(=O)/C1=C/O. The van der Waals surface area contributed by atoms with Crippen molar-refractivity contribution in [2.24, 2.45) is 5.10 Å². The predicted molar refractivity (Wildman–Crippen MR) is 36.6 cm³/mol. The first kappa shape index (κ1) is 6.80. The highest BCUT2D eigenvalue weighted by Gasteiger charge is 2.23. The molecule has 0 saturated heterocycles. The van der Waals surface area contributed by atoms with E-state index in [1.807, 2.05) is 0 Å². The molecule has 0 aromatic carbocycles. The Kier molecular flexibility index (Phi) is 1.45. The normalized spacial score (nSPS) is 22.2. The molecular weight excluding hydrogens is 132 g/mol. The van der Waals surface area contributed by atoms with Crippen LogP contribution >= 0.6 is 0 Å². The van der Waals surface area contributed by atoms with Crippen LogP contribution in [0.25, 0.3) is 0 Å². The van der Waals surface area contributed by atoms with Crippen LogP contribution < -0.4 is 0 Å². The van der Waals surface area contributed by atoms with E-state index in [4.69, 9.17) is 5.11 Å². The van der Waals surface area contributed by atoms with E-state index in [9.17, 15) is 4.79 Å². The molecule has 0 aliphatic carbocycles. The highest BCUT2D eigenvalue weighted by Crippen LogP contribution is 2.10. The molecule has 0 atom stereocenters. The number of hydrogen-bond donors (Lipinski definition) is 1. The van der Waals surface area contributed by atoms with Gasteiger partial charge in [0.2, 0.25) is 0 Å². The fourth-order valence-corrected chi connectivity index (χ4v) is 0.802. The highest BCUT2D eigenvalue weighted by molar-refractivity contribution is 6.23. The molecular formula is C6H8N2O2. The van der Waals surface area contributed by atoms with Gasteiger partial charge in [0.1, 0.15) is 0 Å². The number of hydrogen-bond acceptors (Lipinski definition) is 3. The first-order chi connectivity index (χ1) is 4.66. The zero-order valence-electron chi connectivity index (χ0n) is 5.83. The molecule has 0 bridgehead atoms. The number of carbonyl (C=O) groups is 1. The van der Waals surface area contributed by atoms with E-state index in [1.165, 1.54) is 5.01 Å². The number of nitrogens with zero attached hydrogens (tertiary/aromatic N) is 2. The number of amides is 1. The van der Waals surface area contributed by atoms with Crippen molar-refractivity contribution in [1.29, 1.82) is 0 Å². The van der Waals surface area contributed by atoms with Crippen molar-refractivity contribution in [3.63, 3.8) is 0 Å². The largest absolute Gasteiger partial charge is 0.515 e. The maximum absolute atomic E-state index is 10.9. The van der Waals surface area contributed by atoms with Crippen LogP contribution in [-0.2, 0) is 4.79 Å². The van der Waals surface area contributed by atoms with Gasteiger partial charge >= 0.3 is 0 Å². The lowest BCUT2D eigenvalue weighted by Gasteiger charge is -1.99. The van der Waals surface area contributed by atoms with Gasteiger partial charge in [-0.05, 0) is 6.92 Å². The summed E-state index contributed by atoms with van der Waals surface area (Å²) in [6.45, 7) is 1.67. The fraction of sp³-hybridized carbons (Fsp3) is 0.333. The number of carbonyl (C=O) groups excluding carboxylic acids is 1. The van der Waals surface area contributed by atoms with Crippen LogP contribution in [0.3, 0.4) is 0 Å². The molecule has 0 radical (unpaired) electrons. The lowest BCUT2D eigenvalue weighted by atomic mass is 10.2. The molecule has 1 N–H and O–H groups in total. The zero-order chi connectivity index (χ0) is 7.72. The van der Waals surface area contributed by atoms with Gasteiger partial charge in [0.15, 0.2) is 0 Å². The Bertz CT molecular complexity index is 230. The average molecular weight is 140 g/mol. The van der Waals surface area contributed by atoms with E-state index >= 15 is 0 Å². The third-order valence-corrected chi connectivity index (χ3v) is 1.34. The van der Waals surface area contributed by atoms with Crippen molar-refractivity contribution >= 4 is 11.6 Å². The van der Waals surface area contributed by atoms with Crippen LogP contribution in [0.1, 0.15) is 6.92 Å². The zero-order valence-corrected chi connectivity index (χ0v) is 5.83. The Labute approximate surface area is 58.4 Å². The van der Waals surface area contributed by atoms with Crippen molar-refractivity contribution < 1.29 is 9.90 Å². The van der Waals surface area contributed by atoms with Gasteiger partial charge in [-0.3, -0.25) is 4.79 Å². The van der Waals surface area contributed by atoms with E-state index in [0.29, 0.717) is 5.71 Å². The number of hydrazone groups is 1. The topological polar surface area (TPSA) is 52.9 Å². The third kappa shape index (κ3) is 0.775. The summed E-state index contributed by atoms with van der Waals surface area (Å²) in [5, 5.41) is 13.5. The Balaban J connectivity index is 3.00.